The van der Waals surface area contributed by atoms with Gasteiger partial charge >= 0.3 is 0 Å². The molecule has 0 saturated heterocycles. The van der Waals surface area contributed by atoms with E-state index in [1.54, 1.807) is 24.5 Å². The first-order chi connectivity index (χ1) is 7.68. The predicted molar refractivity (Wildman–Crippen MR) is 65.5 cm³/mol. The molecule has 0 aliphatic heterocycles. The quantitative estimate of drug-likeness (QED) is 0.787. The lowest BCUT2D eigenvalue weighted by molar-refractivity contribution is 0.480. The monoisotopic (exact) mass is 253 g/mol. The second-order valence-electron chi connectivity index (χ2n) is 3.30. The van der Waals surface area contributed by atoms with Crippen LogP contribution in [0.15, 0.2) is 36.7 Å². The zero-order valence-electron chi connectivity index (χ0n) is 8.58. The minimum absolute atomic E-state index is 0.497. The van der Waals surface area contributed by atoms with Crippen LogP contribution in [-0.4, -0.2) is 4.98 Å². The summed E-state index contributed by atoms with van der Waals surface area (Å²) in [6.07, 6.45) is 3.16. The van der Waals surface area contributed by atoms with Crippen LogP contribution in [0.3, 0.4) is 0 Å². The largest absolute Gasteiger partial charge is 0.453 e. The maximum Gasteiger partial charge on any atom is 0.164 e. The third-order valence-electron chi connectivity index (χ3n) is 2.11. The molecule has 0 aliphatic carbocycles. The first-order valence-corrected chi connectivity index (χ1v) is 5.46. The van der Waals surface area contributed by atoms with Gasteiger partial charge in [-0.15, -0.1) is 0 Å². The molecule has 2 rings (SSSR count). The van der Waals surface area contributed by atoms with E-state index in [-0.39, 0.29) is 0 Å². The minimum atomic E-state index is 0.497. The van der Waals surface area contributed by atoms with E-state index < -0.39 is 0 Å². The van der Waals surface area contributed by atoms with Crippen molar-refractivity contribution in [1.29, 1.82) is 0 Å². The van der Waals surface area contributed by atoms with Gasteiger partial charge in [0.1, 0.15) is 5.75 Å². The highest BCUT2D eigenvalue weighted by Crippen LogP contribution is 2.34. The predicted octanol–water partition coefficient (Wildman–Crippen LogP) is 4.49. The zero-order valence-corrected chi connectivity index (χ0v) is 10.1. The number of hydrogen-bond acceptors (Lipinski definition) is 2. The van der Waals surface area contributed by atoms with Crippen LogP contribution in [0.2, 0.25) is 10.0 Å². The summed E-state index contributed by atoms with van der Waals surface area (Å²) < 4.78 is 5.59. The average molecular weight is 254 g/mol. The van der Waals surface area contributed by atoms with Gasteiger partial charge < -0.3 is 4.74 Å². The van der Waals surface area contributed by atoms with Gasteiger partial charge in [0.25, 0.3) is 0 Å². The summed E-state index contributed by atoms with van der Waals surface area (Å²) in [5, 5.41) is 1.09. The highest BCUT2D eigenvalue weighted by atomic mass is 35.5. The molecule has 1 heterocycles. The summed E-state index contributed by atoms with van der Waals surface area (Å²) in [5.74, 6) is 1.08. The topological polar surface area (TPSA) is 22.1 Å². The summed E-state index contributed by atoms with van der Waals surface area (Å²) in [5.41, 5.74) is 0.958. The number of nitrogens with zero attached hydrogens (tertiary/aromatic N) is 1. The van der Waals surface area contributed by atoms with Crippen LogP contribution < -0.4 is 4.74 Å². The fraction of sp³-hybridized carbons (Fsp3) is 0.0833. The van der Waals surface area contributed by atoms with Crippen LogP contribution in [-0.2, 0) is 0 Å². The normalized spacial score (nSPS) is 10.2. The van der Waals surface area contributed by atoms with Crippen LogP contribution in [0.5, 0.6) is 11.5 Å². The van der Waals surface area contributed by atoms with Crippen molar-refractivity contribution in [3.8, 4) is 11.5 Å². The molecule has 4 heteroatoms. The summed E-state index contributed by atoms with van der Waals surface area (Å²) in [4.78, 5) is 3.94. The second-order valence-corrected chi connectivity index (χ2v) is 4.08. The molecule has 16 heavy (non-hydrogen) atoms. The highest BCUT2D eigenvalue weighted by molar-refractivity contribution is 6.33. The molecule has 2 aromatic rings. The third kappa shape index (κ3) is 2.29. The molecule has 0 radical (unpaired) electrons. The number of halogens is 2. The average Bonchev–Trinajstić information content (AvgIpc) is 2.28. The molecule has 82 valence electrons. The Kier molecular flexibility index (Phi) is 3.32. The molecule has 0 N–H and O–H groups in total. The number of aryl methyl sites for hydroxylation is 1. The van der Waals surface area contributed by atoms with Gasteiger partial charge in [-0.25, -0.2) is 0 Å². The van der Waals surface area contributed by atoms with Crippen LogP contribution in [0.25, 0.3) is 0 Å². The van der Waals surface area contributed by atoms with Gasteiger partial charge in [-0.2, -0.15) is 0 Å². The first kappa shape index (κ1) is 11.2. The van der Waals surface area contributed by atoms with Crippen molar-refractivity contribution in [3.63, 3.8) is 0 Å². The van der Waals surface area contributed by atoms with E-state index in [9.17, 15) is 0 Å². The van der Waals surface area contributed by atoms with Crippen molar-refractivity contribution >= 4 is 23.2 Å². The van der Waals surface area contributed by atoms with E-state index in [1.807, 2.05) is 19.1 Å². The Morgan fingerprint density at radius 3 is 2.69 bits per heavy atom. The summed E-state index contributed by atoms with van der Waals surface area (Å²) in [6, 6.07) is 7.25. The third-order valence-corrected chi connectivity index (χ3v) is 2.91. The number of benzene rings is 1. The molecule has 0 bridgehead atoms. The molecule has 0 spiro atoms. The number of aromatic nitrogens is 1. The Morgan fingerprint density at radius 1 is 1.12 bits per heavy atom. The van der Waals surface area contributed by atoms with E-state index in [1.165, 1.54) is 0 Å². The fourth-order valence-corrected chi connectivity index (χ4v) is 1.56. The smallest absolute Gasteiger partial charge is 0.164 e. The lowest BCUT2D eigenvalue weighted by Crippen LogP contribution is -1.88. The van der Waals surface area contributed by atoms with E-state index in [0.717, 1.165) is 5.56 Å². The molecule has 2 nitrogen and oxygen atoms in total. The Balaban J connectivity index is 2.35. The van der Waals surface area contributed by atoms with Gasteiger partial charge in [0, 0.05) is 6.20 Å². The first-order valence-electron chi connectivity index (χ1n) is 4.71. The van der Waals surface area contributed by atoms with Crippen LogP contribution >= 0.6 is 23.2 Å². The van der Waals surface area contributed by atoms with Gasteiger partial charge in [-0.1, -0.05) is 35.3 Å². The Bertz CT molecular complexity index is 514. The molecule has 0 aliphatic rings. The Morgan fingerprint density at radius 2 is 1.94 bits per heavy atom. The van der Waals surface area contributed by atoms with E-state index in [4.69, 9.17) is 27.9 Å². The van der Waals surface area contributed by atoms with Crippen molar-refractivity contribution in [3.05, 3.63) is 52.3 Å². The van der Waals surface area contributed by atoms with E-state index in [2.05, 4.69) is 4.98 Å². The Hall–Kier alpha value is -1.25. The van der Waals surface area contributed by atoms with Crippen molar-refractivity contribution in [2.45, 2.75) is 6.92 Å². The fourth-order valence-electron chi connectivity index (χ4n) is 1.26. The number of ether oxygens (including phenoxy) is 1. The van der Waals surface area contributed by atoms with Crippen molar-refractivity contribution in [2.75, 3.05) is 0 Å². The maximum absolute atomic E-state index is 6.11. The van der Waals surface area contributed by atoms with Gasteiger partial charge in [0.05, 0.1) is 16.2 Å². The molecule has 1 aromatic heterocycles. The van der Waals surface area contributed by atoms with Crippen molar-refractivity contribution in [1.82, 2.24) is 4.98 Å². The lowest BCUT2D eigenvalue weighted by Gasteiger charge is -2.09. The molecular weight excluding hydrogens is 245 g/mol. The standard InChI is InChI=1S/C12H9Cl2NO/c1-8-3-2-4-10(12(8)14)16-11-7-15-6-5-9(11)13/h2-7H,1H3. The summed E-state index contributed by atoms with van der Waals surface area (Å²) >= 11 is 12.1. The molecule has 0 unspecified atom stereocenters. The lowest BCUT2D eigenvalue weighted by atomic mass is 10.2. The van der Waals surface area contributed by atoms with E-state index in [0.29, 0.717) is 21.5 Å². The molecular formula is C12H9Cl2NO. The number of pyridine rings is 1. The van der Waals surface area contributed by atoms with Crippen molar-refractivity contribution < 1.29 is 4.74 Å². The highest BCUT2D eigenvalue weighted by Gasteiger charge is 2.07. The van der Waals surface area contributed by atoms with Gasteiger partial charge in [-0.3, -0.25) is 4.98 Å². The zero-order chi connectivity index (χ0) is 11.5. The van der Waals surface area contributed by atoms with Crippen LogP contribution in [0.4, 0.5) is 0 Å². The van der Waals surface area contributed by atoms with Gasteiger partial charge in [0.15, 0.2) is 5.75 Å². The van der Waals surface area contributed by atoms with E-state index >= 15 is 0 Å². The summed E-state index contributed by atoms with van der Waals surface area (Å²) in [6.45, 7) is 1.92. The Labute approximate surface area is 104 Å². The second kappa shape index (κ2) is 4.73. The molecule has 0 amide bonds. The SMILES string of the molecule is Cc1cccc(Oc2cnccc2Cl)c1Cl. The molecule has 1 aromatic carbocycles. The van der Waals surface area contributed by atoms with Gasteiger partial charge in [-0.05, 0) is 24.6 Å². The maximum atomic E-state index is 6.11. The number of rotatable bonds is 2. The molecule has 0 fully saturated rings. The number of hydrogen-bond donors (Lipinski definition) is 0. The molecule has 0 atom stereocenters. The summed E-state index contributed by atoms with van der Waals surface area (Å²) in [7, 11) is 0. The van der Waals surface area contributed by atoms with Crippen LogP contribution in [0, 0.1) is 6.92 Å². The van der Waals surface area contributed by atoms with Gasteiger partial charge in [0.2, 0.25) is 0 Å². The minimum Gasteiger partial charge on any atom is -0.453 e. The molecule has 0 saturated carbocycles. The van der Waals surface area contributed by atoms with Crippen LogP contribution in [0.1, 0.15) is 5.56 Å². The van der Waals surface area contributed by atoms with Crippen molar-refractivity contribution in [2.24, 2.45) is 0 Å².